The van der Waals surface area contributed by atoms with Crippen LogP contribution in [0.25, 0.3) is 0 Å². The number of phenolic OH excluding ortho intramolecular Hbond substituents is 1. The average Bonchev–Trinajstić information content (AvgIpc) is 2.27. The standard InChI is InChI=1S/C12H18ClNO2/c1-9(5-6-16-2)14-8-10-7-11(13)3-4-12(10)15/h3-4,7,9,14-15H,5-6,8H2,1-2H3. The molecule has 1 aromatic rings. The van der Waals surface area contributed by atoms with Crippen LogP contribution >= 0.6 is 11.6 Å². The number of ether oxygens (including phenoxy) is 1. The molecule has 1 atom stereocenters. The molecular formula is C12H18ClNO2. The maximum Gasteiger partial charge on any atom is 0.120 e. The first-order valence-electron chi connectivity index (χ1n) is 5.33. The predicted molar refractivity (Wildman–Crippen MR) is 65.9 cm³/mol. The third kappa shape index (κ3) is 4.39. The molecule has 0 aromatic heterocycles. The van der Waals surface area contributed by atoms with E-state index in [0.29, 0.717) is 17.6 Å². The van der Waals surface area contributed by atoms with Gasteiger partial charge in [-0.25, -0.2) is 0 Å². The topological polar surface area (TPSA) is 41.5 Å². The Morgan fingerprint density at radius 1 is 1.50 bits per heavy atom. The van der Waals surface area contributed by atoms with Gasteiger partial charge in [0.05, 0.1) is 0 Å². The van der Waals surface area contributed by atoms with Gasteiger partial charge in [-0.05, 0) is 31.5 Å². The zero-order valence-corrected chi connectivity index (χ0v) is 10.4. The number of nitrogens with one attached hydrogen (secondary N) is 1. The quantitative estimate of drug-likeness (QED) is 0.807. The van der Waals surface area contributed by atoms with Gasteiger partial charge in [0.25, 0.3) is 0 Å². The maximum absolute atomic E-state index is 9.60. The lowest BCUT2D eigenvalue weighted by Crippen LogP contribution is -2.26. The van der Waals surface area contributed by atoms with Crippen LogP contribution in [0.4, 0.5) is 0 Å². The largest absolute Gasteiger partial charge is 0.508 e. The van der Waals surface area contributed by atoms with E-state index in [9.17, 15) is 5.11 Å². The second-order valence-electron chi connectivity index (χ2n) is 3.84. The van der Waals surface area contributed by atoms with Crippen molar-refractivity contribution in [2.24, 2.45) is 0 Å². The molecule has 3 nitrogen and oxygen atoms in total. The lowest BCUT2D eigenvalue weighted by atomic mass is 10.1. The van der Waals surface area contributed by atoms with Crippen LogP contribution in [0.3, 0.4) is 0 Å². The predicted octanol–water partition coefficient (Wildman–Crippen LogP) is 2.56. The summed E-state index contributed by atoms with van der Waals surface area (Å²) >= 11 is 5.86. The Hall–Kier alpha value is -0.770. The zero-order chi connectivity index (χ0) is 12.0. The summed E-state index contributed by atoms with van der Waals surface area (Å²) in [5.74, 6) is 0.274. The zero-order valence-electron chi connectivity index (χ0n) is 9.66. The monoisotopic (exact) mass is 243 g/mol. The molecule has 1 rings (SSSR count). The molecule has 16 heavy (non-hydrogen) atoms. The highest BCUT2D eigenvalue weighted by atomic mass is 35.5. The van der Waals surface area contributed by atoms with E-state index in [1.807, 2.05) is 0 Å². The lowest BCUT2D eigenvalue weighted by Gasteiger charge is -2.14. The molecule has 0 radical (unpaired) electrons. The van der Waals surface area contributed by atoms with Crippen LogP contribution in [0, 0.1) is 0 Å². The van der Waals surface area contributed by atoms with E-state index in [0.717, 1.165) is 18.6 Å². The van der Waals surface area contributed by atoms with Crippen LogP contribution in [0.1, 0.15) is 18.9 Å². The average molecular weight is 244 g/mol. The molecule has 0 saturated heterocycles. The van der Waals surface area contributed by atoms with Gasteiger partial charge in [0.1, 0.15) is 5.75 Å². The first-order valence-corrected chi connectivity index (χ1v) is 5.71. The number of hydrogen-bond donors (Lipinski definition) is 2. The van der Waals surface area contributed by atoms with Crippen molar-refractivity contribution in [3.8, 4) is 5.75 Å². The van der Waals surface area contributed by atoms with E-state index in [-0.39, 0.29) is 5.75 Å². The van der Waals surface area contributed by atoms with Gasteiger partial charge in [0.15, 0.2) is 0 Å². The Labute approximate surface area is 101 Å². The van der Waals surface area contributed by atoms with E-state index < -0.39 is 0 Å². The number of hydrogen-bond acceptors (Lipinski definition) is 3. The highest BCUT2D eigenvalue weighted by Crippen LogP contribution is 2.21. The Morgan fingerprint density at radius 2 is 2.25 bits per heavy atom. The molecule has 0 aliphatic heterocycles. The third-order valence-corrected chi connectivity index (χ3v) is 2.67. The number of rotatable bonds is 6. The molecule has 0 aliphatic carbocycles. The van der Waals surface area contributed by atoms with E-state index >= 15 is 0 Å². The van der Waals surface area contributed by atoms with Gasteiger partial charge in [-0.2, -0.15) is 0 Å². The van der Waals surface area contributed by atoms with Gasteiger partial charge >= 0.3 is 0 Å². The fraction of sp³-hybridized carbons (Fsp3) is 0.500. The van der Waals surface area contributed by atoms with Crippen molar-refractivity contribution in [1.82, 2.24) is 5.32 Å². The van der Waals surface area contributed by atoms with Crippen molar-refractivity contribution in [3.63, 3.8) is 0 Å². The highest BCUT2D eigenvalue weighted by Gasteiger charge is 2.05. The Bertz CT molecular complexity index is 331. The van der Waals surface area contributed by atoms with Gasteiger partial charge in [-0.3, -0.25) is 0 Å². The molecule has 4 heteroatoms. The van der Waals surface area contributed by atoms with Crippen molar-refractivity contribution in [2.75, 3.05) is 13.7 Å². The minimum Gasteiger partial charge on any atom is -0.508 e. The SMILES string of the molecule is COCCC(C)NCc1cc(Cl)ccc1O. The number of phenols is 1. The molecule has 0 bridgehead atoms. The molecule has 0 spiro atoms. The molecule has 90 valence electrons. The number of methoxy groups -OCH3 is 1. The van der Waals surface area contributed by atoms with Crippen LogP contribution in [0.5, 0.6) is 5.75 Å². The summed E-state index contributed by atoms with van der Waals surface area (Å²) in [4.78, 5) is 0. The van der Waals surface area contributed by atoms with Crippen molar-refractivity contribution >= 4 is 11.6 Å². The van der Waals surface area contributed by atoms with Crippen LogP contribution in [-0.4, -0.2) is 24.9 Å². The van der Waals surface area contributed by atoms with Crippen molar-refractivity contribution in [3.05, 3.63) is 28.8 Å². The fourth-order valence-corrected chi connectivity index (χ4v) is 1.57. The number of halogens is 1. The van der Waals surface area contributed by atoms with Gasteiger partial charge < -0.3 is 15.2 Å². The number of benzene rings is 1. The molecule has 0 saturated carbocycles. The van der Waals surface area contributed by atoms with Gasteiger partial charge in [-0.15, -0.1) is 0 Å². The second kappa shape index (κ2) is 6.74. The first-order chi connectivity index (χ1) is 7.63. The third-order valence-electron chi connectivity index (χ3n) is 2.44. The Morgan fingerprint density at radius 3 is 2.94 bits per heavy atom. The van der Waals surface area contributed by atoms with Crippen LogP contribution < -0.4 is 5.32 Å². The van der Waals surface area contributed by atoms with E-state index in [4.69, 9.17) is 16.3 Å². The molecule has 0 fully saturated rings. The minimum atomic E-state index is 0.274. The Balaban J connectivity index is 2.44. The second-order valence-corrected chi connectivity index (χ2v) is 4.27. The molecule has 1 unspecified atom stereocenters. The van der Waals surface area contributed by atoms with E-state index in [2.05, 4.69) is 12.2 Å². The van der Waals surface area contributed by atoms with Gasteiger partial charge in [0.2, 0.25) is 0 Å². The molecule has 0 heterocycles. The van der Waals surface area contributed by atoms with Gasteiger partial charge in [-0.1, -0.05) is 11.6 Å². The molecule has 2 N–H and O–H groups in total. The summed E-state index contributed by atoms with van der Waals surface area (Å²) in [6, 6.07) is 5.40. The summed E-state index contributed by atoms with van der Waals surface area (Å²) in [6.45, 7) is 3.42. The fourth-order valence-electron chi connectivity index (χ4n) is 1.38. The van der Waals surface area contributed by atoms with Crippen LogP contribution in [0.2, 0.25) is 5.02 Å². The minimum absolute atomic E-state index is 0.274. The Kier molecular flexibility index (Phi) is 5.60. The van der Waals surface area contributed by atoms with Crippen molar-refractivity contribution in [2.45, 2.75) is 25.9 Å². The number of aromatic hydroxyl groups is 1. The maximum atomic E-state index is 9.60. The molecule has 0 aliphatic rings. The van der Waals surface area contributed by atoms with Crippen LogP contribution in [0.15, 0.2) is 18.2 Å². The summed E-state index contributed by atoms with van der Waals surface area (Å²) in [5.41, 5.74) is 0.816. The highest BCUT2D eigenvalue weighted by molar-refractivity contribution is 6.30. The first kappa shape index (κ1) is 13.3. The summed E-state index contributed by atoms with van der Waals surface area (Å²) in [7, 11) is 1.69. The molecular weight excluding hydrogens is 226 g/mol. The van der Waals surface area contributed by atoms with E-state index in [1.165, 1.54) is 0 Å². The van der Waals surface area contributed by atoms with Crippen LogP contribution in [-0.2, 0) is 11.3 Å². The smallest absolute Gasteiger partial charge is 0.120 e. The van der Waals surface area contributed by atoms with E-state index in [1.54, 1.807) is 25.3 Å². The van der Waals surface area contributed by atoms with Gasteiger partial charge in [0, 0.05) is 36.9 Å². The molecule has 1 aromatic carbocycles. The van der Waals surface area contributed by atoms with Crippen molar-refractivity contribution < 1.29 is 9.84 Å². The molecule has 0 amide bonds. The van der Waals surface area contributed by atoms with Crippen molar-refractivity contribution in [1.29, 1.82) is 0 Å². The normalized spacial score (nSPS) is 12.7. The summed E-state index contributed by atoms with van der Waals surface area (Å²) in [5, 5.41) is 13.5. The summed E-state index contributed by atoms with van der Waals surface area (Å²) in [6.07, 6.45) is 0.942. The summed E-state index contributed by atoms with van der Waals surface area (Å²) < 4.78 is 5.00. The lowest BCUT2D eigenvalue weighted by molar-refractivity contribution is 0.184.